The van der Waals surface area contributed by atoms with E-state index in [1.807, 2.05) is 30.0 Å². The zero-order valence-electron chi connectivity index (χ0n) is 12.7. The minimum absolute atomic E-state index is 0.0296. The van der Waals surface area contributed by atoms with Gasteiger partial charge in [-0.1, -0.05) is 47.9 Å². The topological polar surface area (TPSA) is 43.4 Å². The van der Waals surface area contributed by atoms with E-state index in [4.69, 9.17) is 4.74 Å². The number of fused-ring (bicyclic) bond motifs is 2. The summed E-state index contributed by atoms with van der Waals surface area (Å²) in [5.74, 6) is 0.110. The first-order valence-electron chi connectivity index (χ1n) is 8.40. The Balaban J connectivity index is 1.72. The smallest absolute Gasteiger partial charge is 0.318 e. The van der Waals surface area contributed by atoms with E-state index in [1.165, 1.54) is 17.6 Å². The van der Waals surface area contributed by atoms with E-state index in [9.17, 15) is 9.59 Å². The summed E-state index contributed by atoms with van der Waals surface area (Å²) < 4.78 is 5.11. The Bertz CT molecular complexity index is 723. The molecule has 0 unspecified atom stereocenters. The average Bonchev–Trinajstić information content (AvgIpc) is 3.12. The van der Waals surface area contributed by atoms with Crippen molar-refractivity contribution in [1.29, 1.82) is 0 Å². The molecule has 2 fully saturated rings. The third-order valence-electron chi connectivity index (χ3n) is 6.00. The van der Waals surface area contributed by atoms with Gasteiger partial charge in [0.05, 0.1) is 11.8 Å². The molecule has 1 aromatic rings. The minimum Gasteiger partial charge on any atom is -0.393 e. The molecule has 3 nitrogen and oxygen atoms in total. The highest BCUT2D eigenvalue weighted by molar-refractivity contribution is 8.00. The summed E-state index contributed by atoms with van der Waals surface area (Å²) in [6.45, 7) is 0. The van der Waals surface area contributed by atoms with Crippen LogP contribution in [0, 0.1) is 17.8 Å². The van der Waals surface area contributed by atoms with Crippen molar-refractivity contribution in [3.05, 3.63) is 47.0 Å². The lowest BCUT2D eigenvalue weighted by Crippen LogP contribution is -2.40. The molecule has 2 aliphatic carbocycles. The second-order valence-corrected chi connectivity index (χ2v) is 8.19. The van der Waals surface area contributed by atoms with Crippen LogP contribution in [0.5, 0.6) is 0 Å². The van der Waals surface area contributed by atoms with Crippen molar-refractivity contribution in [2.45, 2.75) is 30.4 Å². The number of hydrogen-bond acceptors (Lipinski definition) is 4. The number of esters is 2. The van der Waals surface area contributed by atoms with Crippen LogP contribution in [-0.4, -0.2) is 22.9 Å². The zero-order valence-corrected chi connectivity index (χ0v) is 13.6. The van der Waals surface area contributed by atoms with Crippen molar-refractivity contribution in [2.75, 3.05) is 5.75 Å². The van der Waals surface area contributed by atoms with Gasteiger partial charge in [-0.2, -0.15) is 0 Å². The van der Waals surface area contributed by atoms with Crippen LogP contribution in [0.2, 0.25) is 0 Å². The van der Waals surface area contributed by atoms with Crippen LogP contribution in [0.1, 0.15) is 30.7 Å². The number of thioether (sulfide) groups is 1. The number of carbonyl (C=O) groups is 2. The highest BCUT2D eigenvalue weighted by Crippen LogP contribution is 2.60. The monoisotopic (exact) mass is 326 g/mol. The minimum atomic E-state index is -0.314. The summed E-state index contributed by atoms with van der Waals surface area (Å²) >= 11 is 2.00. The van der Waals surface area contributed by atoms with Crippen LogP contribution in [0.15, 0.2) is 41.5 Å². The number of cyclic esters (lactones) is 2. The summed E-state index contributed by atoms with van der Waals surface area (Å²) in [6.07, 6.45) is 3.39. The lowest BCUT2D eigenvalue weighted by atomic mass is 9.60. The van der Waals surface area contributed by atoms with E-state index in [0.29, 0.717) is 5.25 Å². The fourth-order valence-corrected chi connectivity index (χ4v) is 6.75. The lowest BCUT2D eigenvalue weighted by molar-refractivity contribution is -0.154. The predicted octanol–water partition coefficient (Wildman–Crippen LogP) is 3.31. The Morgan fingerprint density at radius 1 is 1.00 bits per heavy atom. The van der Waals surface area contributed by atoms with Crippen molar-refractivity contribution < 1.29 is 14.3 Å². The molecule has 4 heteroatoms. The van der Waals surface area contributed by atoms with Gasteiger partial charge >= 0.3 is 11.9 Å². The largest absolute Gasteiger partial charge is 0.393 e. The summed E-state index contributed by atoms with van der Waals surface area (Å²) in [5.41, 5.74) is 4.06. The van der Waals surface area contributed by atoms with Gasteiger partial charge in [0.1, 0.15) is 0 Å². The highest BCUT2D eigenvalue weighted by atomic mass is 32.2. The first-order valence-corrected chi connectivity index (χ1v) is 9.45. The van der Waals surface area contributed by atoms with Gasteiger partial charge in [0.15, 0.2) is 0 Å². The second kappa shape index (κ2) is 4.97. The molecule has 1 saturated heterocycles. The molecule has 0 amide bonds. The van der Waals surface area contributed by atoms with Crippen molar-refractivity contribution in [3.63, 3.8) is 0 Å². The third-order valence-corrected chi connectivity index (χ3v) is 7.37. The van der Waals surface area contributed by atoms with Crippen molar-refractivity contribution in [2.24, 2.45) is 17.8 Å². The molecule has 4 aliphatic rings. The van der Waals surface area contributed by atoms with Gasteiger partial charge in [-0.25, -0.2) is 0 Å². The Labute approximate surface area is 139 Å². The average molecular weight is 326 g/mol. The maximum Gasteiger partial charge on any atom is 0.318 e. The zero-order chi connectivity index (χ0) is 15.6. The number of benzene rings is 1. The molecule has 0 N–H and O–H groups in total. The summed E-state index contributed by atoms with van der Waals surface area (Å²) in [7, 11) is 0. The Kier molecular flexibility index (Phi) is 2.99. The van der Waals surface area contributed by atoms with Crippen LogP contribution in [-0.2, 0) is 14.3 Å². The quantitative estimate of drug-likeness (QED) is 0.451. The fraction of sp³-hybridized carbons (Fsp3) is 0.474. The Morgan fingerprint density at radius 2 is 1.78 bits per heavy atom. The standard InChI is InChI=1S/C19H18O3S/c20-18-16-11-7-4-8-13-15(11)12(9-23-13)14(17(16)19(21)22-18)10-5-2-1-3-6-10/h1-3,5-6,11,13-14,16-17H,4,7-9H2/t11-,13-,14+,16-,17+/m1/s1. The van der Waals surface area contributed by atoms with Crippen LogP contribution in [0.25, 0.3) is 0 Å². The first kappa shape index (κ1) is 13.8. The van der Waals surface area contributed by atoms with Gasteiger partial charge in [0.2, 0.25) is 0 Å². The van der Waals surface area contributed by atoms with E-state index in [-0.39, 0.29) is 35.6 Å². The first-order chi connectivity index (χ1) is 11.3. The maximum atomic E-state index is 12.5. The van der Waals surface area contributed by atoms with E-state index in [2.05, 4.69) is 12.1 Å². The molecule has 5 atom stereocenters. The van der Waals surface area contributed by atoms with Crippen molar-refractivity contribution in [1.82, 2.24) is 0 Å². The number of hydrogen-bond donors (Lipinski definition) is 0. The van der Waals surface area contributed by atoms with Crippen LogP contribution >= 0.6 is 11.8 Å². The molecule has 2 aliphatic heterocycles. The molecule has 2 heterocycles. The predicted molar refractivity (Wildman–Crippen MR) is 87.9 cm³/mol. The molecule has 5 rings (SSSR count). The molecule has 23 heavy (non-hydrogen) atoms. The normalized spacial score (nSPS) is 38.3. The lowest BCUT2D eigenvalue weighted by Gasteiger charge is -2.41. The van der Waals surface area contributed by atoms with E-state index in [0.717, 1.165) is 24.2 Å². The molecule has 0 radical (unpaired) electrons. The summed E-state index contributed by atoms with van der Waals surface area (Å²) in [5, 5.41) is 0.555. The highest BCUT2D eigenvalue weighted by Gasteiger charge is 2.59. The third kappa shape index (κ3) is 1.84. The molecule has 118 valence electrons. The molecule has 0 aromatic heterocycles. The Hall–Kier alpha value is -1.55. The van der Waals surface area contributed by atoms with E-state index >= 15 is 0 Å². The van der Waals surface area contributed by atoms with Crippen LogP contribution in [0.3, 0.4) is 0 Å². The molecular formula is C19H18O3S. The van der Waals surface area contributed by atoms with Crippen LogP contribution in [0.4, 0.5) is 0 Å². The van der Waals surface area contributed by atoms with E-state index < -0.39 is 0 Å². The van der Waals surface area contributed by atoms with Gasteiger partial charge in [0.25, 0.3) is 0 Å². The SMILES string of the molecule is O=C1OC(=O)[C@H]2[C@@H]1[C@@H](c1ccccc1)C1=C3[C@H]2CCC[C@H]3SC1. The second-order valence-electron chi connectivity index (χ2n) is 7.00. The summed E-state index contributed by atoms with van der Waals surface area (Å²) in [6, 6.07) is 10.2. The Morgan fingerprint density at radius 3 is 2.61 bits per heavy atom. The van der Waals surface area contributed by atoms with Crippen molar-refractivity contribution in [3.8, 4) is 0 Å². The van der Waals surface area contributed by atoms with Gasteiger partial charge in [-0.3, -0.25) is 9.59 Å². The fourth-order valence-electron chi connectivity index (χ4n) is 5.18. The molecule has 0 spiro atoms. The molecular weight excluding hydrogens is 308 g/mol. The number of carbonyl (C=O) groups excluding carboxylic acids is 2. The van der Waals surface area contributed by atoms with Gasteiger partial charge in [-0.05, 0) is 24.3 Å². The molecule has 1 saturated carbocycles. The van der Waals surface area contributed by atoms with Gasteiger partial charge in [0, 0.05) is 16.9 Å². The molecule has 1 aromatic carbocycles. The van der Waals surface area contributed by atoms with Gasteiger partial charge in [-0.15, -0.1) is 11.8 Å². The number of rotatable bonds is 1. The maximum absolute atomic E-state index is 12.5. The number of ether oxygens (including phenoxy) is 1. The van der Waals surface area contributed by atoms with Crippen LogP contribution < -0.4 is 0 Å². The van der Waals surface area contributed by atoms with E-state index in [1.54, 1.807) is 0 Å². The summed E-state index contributed by atoms with van der Waals surface area (Å²) in [4.78, 5) is 24.9. The van der Waals surface area contributed by atoms with Crippen molar-refractivity contribution >= 4 is 23.7 Å². The van der Waals surface area contributed by atoms with Gasteiger partial charge < -0.3 is 4.74 Å². The molecule has 0 bridgehead atoms.